The molecule has 1 heterocycles. The van der Waals surface area contributed by atoms with Gasteiger partial charge in [0.25, 0.3) is 0 Å². The molecular formula is C11H9ClN2O3. The molecule has 0 spiro atoms. The van der Waals surface area contributed by atoms with E-state index in [0.29, 0.717) is 10.6 Å². The first-order chi connectivity index (χ1) is 8.08. The van der Waals surface area contributed by atoms with E-state index in [4.69, 9.17) is 21.1 Å². The lowest BCUT2D eigenvalue weighted by Gasteiger charge is -1.98. The van der Waals surface area contributed by atoms with E-state index in [1.807, 2.05) is 0 Å². The van der Waals surface area contributed by atoms with Gasteiger partial charge in [-0.1, -0.05) is 17.7 Å². The van der Waals surface area contributed by atoms with Gasteiger partial charge in [0.05, 0.1) is 0 Å². The van der Waals surface area contributed by atoms with Crippen molar-refractivity contribution in [1.29, 1.82) is 0 Å². The van der Waals surface area contributed by atoms with Gasteiger partial charge in [-0.2, -0.15) is 0 Å². The number of aromatic nitrogens is 2. The highest BCUT2D eigenvalue weighted by Gasteiger charge is 2.21. The van der Waals surface area contributed by atoms with Crippen LogP contribution in [0.1, 0.15) is 18.7 Å². The van der Waals surface area contributed by atoms with Crippen molar-refractivity contribution in [3.8, 4) is 11.5 Å². The van der Waals surface area contributed by atoms with Crippen molar-refractivity contribution < 1.29 is 14.3 Å². The van der Waals surface area contributed by atoms with Crippen molar-refractivity contribution >= 4 is 17.6 Å². The molecule has 0 aliphatic heterocycles. The zero-order valence-corrected chi connectivity index (χ0v) is 9.68. The summed E-state index contributed by atoms with van der Waals surface area (Å²) in [6, 6.07) is 6.91. The van der Waals surface area contributed by atoms with E-state index in [2.05, 4.69) is 10.2 Å². The van der Waals surface area contributed by atoms with Gasteiger partial charge in [-0.25, -0.2) is 0 Å². The standard InChI is InChI=1S/C11H9ClN2O3/c1-6(11(15)16)9-13-14-10(17-9)7-3-2-4-8(12)5-7/h2-6H,1H3,(H,15,16). The third-order valence-electron chi connectivity index (χ3n) is 2.25. The van der Waals surface area contributed by atoms with Crippen LogP contribution in [0.25, 0.3) is 11.5 Å². The number of hydrogen-bond donors (Lipinski definition) is 1. The minimum atomic E-state index is -1.01. The van der Waals surface area contributed by atoms with Gasteiger partial charge in [0.1, 0.15) is 5.92 Å². The molecule has 1 aromatic carbocycles. The van der Waals surface area contributed by atoms with Gasteiger partial charge in [-0.15, -0.1) is 10.2 Å². The predicted molar refractivity (Wildman–Crippen MR) is 60.8 cm³/mol. The molecule has 1 unspecified atom stereocenters. The van der Waals surface area contributed by atoms with Crippen molar-refractivity contribution in [3.63, 3.8) is 0 Å². The van der Waals surface area contributed by atoms with Crippen LogP contribution in [0.4, 0.5) is 0 Å². The Kier molecular flexibility index (Phi) is 3.10. The second-order valence-electron chi connectivity index (χ2n) is 3.52. The van der Waals surface area contributed by atoms with Crippen LogP contribution in [0, 0.1) is 0 Å². The van der Waals surface area contributed by atoms with Crippen molar-refractivity contribution in [2.75, 3.05) is 0 Å². The highest BCUT2D eigenvalue weighted by Crippen LogP contribution is 2.23. The first-order valence-electron chi connectivity index (χ1n) is 4.90. The number of carboxylic acid groups (broad SMARTS) is 1. The van der Waals surface area contributed by atoms with Gasteiger partial charge in [-0.05, 0) is 25.1 Å². The van der Waals surface area contributed by atoms with E-state index in [-0.39, 0.29) is 11.8 Å². The molecule has 0 bridgehead atoms. The van der Waals surface area contributed by atoms with Gasteiger partial charge in [-0.3, -0.25) is 4.79 Å². The van der Waals surface area contributed by atoms with Crippen molar-refractivity contribution in [2.24, 2.45) is 0 Å². The van der Waals surface area contributed by atoms with Crippen LogP contribution in [0.2, 0.25) is 5.02 Å². The summed E-state index contributed by atoms with van der Waals surface area (Å²) in [7, 11) is 0. The summed E-state index contributed by atoms with van der Waals surface area (Å²) in [6.45, 7) is 1.48. The van der Waals surface area contributed by atoms with Gasteiger partial charge < -0.3 is 9.52 Å². The molecule has 0 radical (unpaired) electrons. The van der Waals surface area contributed by atoms with E-state index >= 15 is 0 Å². The third-order valence-corrected chi connectivity index (χ3v) is 2.49. The quantitative estimate of drug-likeness (QED) is 0.909. The zero-order chi connectivity index (χ0) is 12.4. The molecule has 5 nitrogen and oxygen atoms in total. The molecule has 1 N–H and O–H groups in total. The minimum Gasteiger partial charge on any atom is -0.481 e. The maximum Gasteiger partial charge on any atom is 0.315 e. The molecule has 1 aromatic heterocycles. The highest BCUT2D eigenvalue weighted by atomic mass is 35.5. The number of benzene rings is 1. The number of carbonyl (C=O) groups is 1. The van der Waals surface area contributed by atoms with E-state index in [1.165, 1.54) is 6.92 Å². The largest absolute Gasteiger partial charge is 0.481 e. The molecule has 17 heavy (non-hydrogen) atoms. The Bertz CT molecular complexity index is 553. The van der Waals surface area contributed by atoms with E-state index in [1.54, 1.807) is 24.3 Å². The predicted octanol–water partition coefficient (Wildman–Crippen LogP) is 2.58. The molecule has 0 fully saturated rings. The zero-order valence-electron chi connectivity index (χ0n) is 8.92. The van der Waals surface area contributed by atoms with Crippen molar-refractivity contribution in [2.45, 2.75) is 12.8 Å². The Morgan fingerprint density at radius 1 is 1.47 bits per heavy atom. The van der Waals surface area contributed by atoms with Gasteiger partial charge in [0.15, 0.2) is 0 Å². The number of aliphatic carboxylic acids is 1. The minimum absolute atomic E-state index is 0.0764. The lowest BCUT2D eigenvalue weighted by Crippen LogP contribution is -2.07. The van der Waals surface area contributed by atoms with Gasteiger partial charge in [0, 0.05) is 10.6 Å². The molecule has 0 saturated carbocycles. The fraction of sp³-hybridized carbons (Fsp3) is 0.182. The summed E-state index contributed by atoms with van der Waals surface area (Å²) in [5.74, 6) is -1.50. The molecule has 0 amide bonds. The molecule has 88 valence electrons. The second kappa shape index (κ2) is 4.55. The number of halogens is 1. The lowest BCUT2D eigenvalue weighted by molar-refractivity contribution is -0.138. The molecule has 6 heteroatoms. The second-order valence-corrected chi connectivity index (χ2v) is 3.95. The molecule has 0 aliphatic rings. The SMILES string of the molecule is CC(C(=O)O)c1nnc(-c2cccc(Cl)c2)o1. The average molecular weight is 253 g/mol. The summed E-state index contributed by atoms with van der Waals surface area (Å²) < 4.78 is 5.29. The van der Waals surface area contributed by atoms with Crippen LogP contribution in [0.5, 0.6) is 0 Å². The van der Waals surface area contributed by atoms with Crippen LogP contribution in [0.15, 0.2) is 28.7 Å². The maximum absolute atomic E-state index is 10.8. The normalized spacial score (nSPS) is 12.4. The monoisotopic (exact) mass is 252 g/mol. The molecule has 2 rings (SSSR count). The molecule has 0 aliphatic carbocycles. The smallest absolute Gasteiger partial charge is 0.315 e. The third kappa shape index (κ3) is 2.45. The van der Waals surface area contributed by atoms with Crippen LogP contribution in [0.3, 0.4) is 0 Å². The lowest BCUT2D eigenvalue weighted by atomic mass is 10.2. The van der Waals surface area contributed by atoms with E-state index < -0.39 is 11.9 Å². The Labute approximate surface area is 102 Å². The number of nitrogens with zero attached hydrogens (tertiary/aromatic N) is 2. The van der Waals surface area contributed by atoms with Crippen LogP contribution in [-0.4, -0.2) is 21.3 Å². The molecule has 2 aromatic rings. The molecular weight excluding hydrogens is 244 g/mol. The summed E-state index contributed by atoms with van der Waals surface area (Å²) in [5, 5.41) is 16.9. The fourth-order valence-electron chi connectivity index (χ4n) is 1.25. The Morgan fingerprint density at radius 2 is 2.24 bits per heavy atom. The van der Waals surface area contributed by atoms with Gasteiger partial charge >= 0.3 is 5.97 Å². The van der Waals surface area contributed by atoms with E-state index in [0.717, 1.165) is 0 Å². The summed E-state index contributed by atoms with van der Waals surface area (Å²) in [4.78, 5) is 10.8. The first kappa shape index (κ1) is 11.6. The summed E-state index contributed by atoms with van der Waals surface area (Å²) in [6.07, 6.45) is 0. The van der Waals surface area contributed by atoms with Crippen molar-refractivity contribution in [1.82, 2.24) is 10.2 Å². The Hall–Kier alpha value is -1.88. The number of hydrogen-bond acceptors (Lipinski definition) is 4. The maximum atomic E-state index is 10.8. The first-order valence-corrected chi connectivity index (χ1v) is 5.28. The molecule has 0 saturated heterocycles. The average Bonchev–Trinajstić information content (AvgIpc) is 2.77. The van der Waals surface area contributed by atoms with Crippen LogP contribution in [-0.2, 0) is 4.79 Å². The van der Waals surface area contributed by atoms with Gasteiger partial charge in [0.2, 0.25) is 11.8 Å². The van der Waals surface area contributed by atoms with Crippen molar-refractivity contribution in [3.05, 3.63) is 35.2 Å². The van der Waals surface area contributed by atoms with Crippen LogP contribution < -0.4 is 0 Å². The molecule has 1 atom stereocenters. The van der Waals surface area contributed by atoms with E-state index in [9.17, 15) is 4.79 Å². The summed E-state index contributed by atoms with van der Waals surface area (Å²) in [5.41, 5.74) is 0.661. The Balaban J connectivity index is 2.33. The fourth-order valence-corrected chi connectivity index (χ4v) is 1.44. The number of carboxylic acids is 1. The number of rotatable bonds is 3. The summed E-state index contributed by atoms with van der Waals surface area (Å²) >= 11 is 5.83. The topological polar surface area (TPSA) is 76.2 Å². The Morgan fingerprint density at radius 3 is 2.88 bits per heavy atom. The highest BCUT2D eigenvalue weighted by molar-refractivity contribution is 6.30. The van der Waals surface area contributed by atoms with Crippen LogP contribution >= 0.6 is 11.6 Å².